The lowest BCUT2D eigenvalue weighted by Gasteiger charge is -2.06. The number of ether oxygens (including phenoxy) is 1. The highest BCUT2D eigenvalue weighted by Gasteiger charge is 2.05. The smallest absolute Gasteiger partial charge is 0.316 e. The van der Waals surface area contributed by atoms with Gasteiger partial charge in [0.25, 0.3) is 0 Å². The first kappa shape index (κ1) is 12.9. The van der Waals surface area contributed by atoms with Crippen LogP contribution in [0.5, 0.6) is 6.01 Å². The molecule has 0 aromatic carbocycles. The van der Waals surface area contributed by atoms with Gasteiger partial charge in [-0.05, 0) is 13.8 Å². The molecule has 2 rings (SSSR count). The molecule has 0 atom stereocenters. The Kier molecular flexibility index (Phi) is 4.22. The molecule has 0 spiro atoms. The Bertz CT molecular complexity index is 527. The van der Waals surface area contributed by atoms with Gasteiger partial charge >= 0.3 is 6.01 Å². The summed E-state index contributed by atoms with van der Waals surface area (Å²) < 4.78 is 5.53. The average Bonchev–Trinajstić information content (AvgIpc) is 2.75. The number of hydrogen-bond donors (Lipinski definition) is 1. The summed E-state index contributed by atoms with van der Waals surface area (Å²) in [5.74, 6) is 0. The van der Waals surface area contributed by atoms with E-state index < -0.39 is 0 Å². The zero-order valence-electron chi connectivity index (χ0n) is 10.5. The molecule has 0 fully saturated rings. The van der Waals surface area contributed by atoms with Crippen LogP contribution in [0.2, 0.25) is 0 Å². The Hall–Kier alpha value is -1.53. The predicted molar refractivity (Wildman–Crippen MR) is 70.7 cm³/mol. The van der Waals surface area contributed by atoms with Crippen molar-refractivity contribution in [2.75, 3.05) is 6.61 Å². The largest absolute Gasteiger partial charge is 0.463 e. The first-order chi connectivity index (χ1) is 8.70. The Morgan fingerprint density at radius 1 is 1.28 bits per heavy atom. The second kappa shape index (κ2) is 5.88. The van der Waals surface area contributed by atoms with Crippen molar-refractivity contribution in [3.8, 4) is 6.01 Å². The quantitative estimate of drug-likeness (QED) is 0.888. The highest BCUT2D eigenvalue weighted by Crippen LogP contribution is 2.13. The van der Waals surface area contributed by atoms with E-state index in [-0.39, 0.29) is 0 Å². The molecule has 96 valence electrons. The molecule has 0 saturated heterocycles. The first-order valence-electron chi connectivity index (χ1n) is 5.75. The molecular weight excluding hydrogens is 248 g/mol. The van der Waals surface area contributed by atoms with Crippen molar-refractivity contribution in [3.63, 3.8) is 0 Å². The van der Waals surface area contributed by atoms with Crippen LogP contribution in [0.4, 0.5) is 0 Å². The standard InChI is InChI=1S/C12H16N4OS/c1-8-10(5-13)6-14-12(16-8)17-4-3-11-9(2)15-7-18-11/h6-7H,3-5,13H2,1-2H3. The summed E-state index contributed by atoms with van der Waals surface area (Å²) in [6.07, 6.45) is 2.55. The van der Waals surface area contributed by atoms with Gasteiger partial charge in [0.05, 0.1) is 17.8 Å². The minimum Gasteiger partial charge on any atom is -0.463 e. The molecule has 0 aliphatic heterocycles. The van der Waals surface area contributed by atoms with Crippen LogP contribution < -0.4 is 10.5 Å². The third kappa shape index (κ3) is 3.02. The Labute approximate surface area is 110 Å². The van der Waals surface area contributed by atoms with Crippen LogP contribution in [0, 0.1) is 13.8 Å². The van der Waals surface area contributed by atoms with Crippen molar-refractivity contribution in [2.24, 2.45) is 5.73 Å². The van der Waals surface area contributed by atoms with Gasteiger partial charge in [-0.15, -0.1) is 11.3 Å². The van der Waals surface area contributed by atoms with Crippen LogP contribution in [-0.2, 0) is 13.0 Å². The summed E-state index contributed by atoms with van der Waals surface area (Å²) >= 11 is 1.65. The van der Waals surface area contributed by atoms with Gasteiger partial charge in [-0.3, -0.25) is 0 Å². The minimum atomic E-state index is 0.409. The topological polar surface area (TPSA) is 73.9 Å². The molecule has 6 heteroatoms. The normalized spacial score (nSPS) is 10.6. The minimum absolute atomic E-state index is 0.409. The number of nitrogens with two attached hydrogens (primary N) is 1. The van der Waals surface area contributed by atoms with Crippen molar-refractivity contribution in [1.29, 1.82) is 0 Å². The van der Waals surface area contributed by atoms with E-state index in [1.165, 1.54) is 4.88 Å². The Balaban J connectivity index is 1.91. The molecule has 2 aromatic rings. The molecule has 0 saturated carbocycles. The fourth-order valence-corrected chi connectivity index (χ4v) is 2.30. The zero-order chi connectivity index (χ0) is 13.0. The van der Waals surface area contributed by atoms with Crippen LogP contribution in [0.25, 0.3) is 0 Å². The van der Waals surface area contributed by atoms with E-state index in [1.807, 2.05) is 19.4 Å². The maximum atomic E-state index is 5.56. The molecular formula is C12H16N4OS. The van der Waals surface area contributed by atoms with Gasteiger partial charge in [0, 0.05) is 35.3 Å². The zero-order valence-corrected chi connectivity index (χ0v) is 11.3. The molecule has 18 heavy (non-hydrogen) atoms. The van der Waals surface area contributed by atoms with Crippen molar-refractivity contribution in [3.05, 3.63) is 33.5 Å². The van der Waals surface area contributed by atoms with Crippen molar-refractivity contribution in [2.45, 2.75) is 26.8 Å². The first-order valence-corrected chi connectivity index (χ1v) is 6.63. The Morgan fingerprint density at radius 3 is 2.72 bits per heavy atom. The molecule has 0 aliphatic rings. The van der Waals surface area contributed by atoms with Crippen LogP contribution in [-0.4, -0.2) is 21.6 Å². The fraction of sp³-hybridized carbons (Fsp3) is 0.417. The van der Waals surface area contributed by atoms with Gasteiger partial charge in [-0.25, -0.2) is 15.0 Å². The number of thiazole rings is 1. The fourth-order valence-electron chi connectivity index (χ4n) is 1.54. The summed E-state index contributed by atoms with van der Waals surface area (Å²) in [6, 6.07) is 0.409. The van der Waals surface area contributed by atoms with Gasteiger partial charge in [0.2, 0.25) is 0 Å². The summed E-state index contributed by atoms with van der Waals surface area (Å²) in [7, 11) is 0. The van der Waals surface area contributed by atoms with Crippen LogP contribution in [0.3, 0.4) is 0 Å². The number of rotatable bonds is 5. The number of aromatic nitrogens is 3. The van der Waals surface area contributed by atoms with E-state index in [1.54, 1.807) is 17.5 Å². The van der Waals surface area contributed by atoms with Crippen molar-refractivity contribution >= 4 is 11.3 Å². The third-order valence-electron chi connectivity index (χ3n) is 2.68. The SMILES string of the molecule is Cc1nc(OCCc2scnc2C)ncc1CN. The average molecular weight is 264 g/mol. The maximum absolute atomic E-state index is 5.56. The lowest BCUT2D eigenvalue weighted by molar-refractivity contribution is 0.296. The highest BCUT2D eigenvalue weighted by atomic mass is 32.1. The van der Waals surface area contributed by atoms with Gasteiger partial charge in [-0.1, -0.05) is 0 Å². The second-order valence-electron chi connectivity index (χ2n) is 3.93. The molecule has 2 heterocycles. The van der Waals surface area contributed by atoms with Crippen LogP contribution >= 0.6 is 11.3 Å². The molecule has 2 N–H and O–H groups in total. The number of hydrogen-bond acceptors (Lipinski definition) is 6. The molecule has 0 radical (unpaired) electrons. The Morgan fingerprint density at radius 2 is 2.11 bits per heavy atom. The molecule has 2 aromatic heterocycles. The number of nitrogens with zero attached hydrogens (tertiary/aromatic N) is 3. The highest BCUT2D eigenvalue weighted by molar-refractivity contribution is 7.09. The second-order valence-corrected chi connectivity index (χ2v) is 4.87. The predicted octanol–water partition coefficient (Wildman–Crippen LogP) is 1.63. The summed E-state index contributed by atoms with van der Waals surface area (Å²) in [5.41, 5.74) is 10.3. The lowest BCUT2D eigenvalue weighted by atomic mass is 10.2. The number of aryl methyl sites for hydroxylation is 2. The molecule has 0 unspecified atom stereocenters. The van der Waals surface area contributed by atoms with Gasteiger partial charge in [0.1, 0.15) is 0 Å². The monoisotopic (exact) mass is 264 g/mol. The maximum Gasteiger partial charge on any atom is 0.316 e. The van der Waals surface area contributed by atoms with Gasteiger partial charge in [0.15, 0.2) is 0 Å². The van der Waals surface area contributed by atoms with Gasteiger partial charge < -0.3 is 10.5 Å². The van der Waals surface area contributed by atoms with E-state index in [0.717, 1.165) is 23.4 Å². The van der Waals surface area contributed by atoms with Crippen molar-refractivity contribution < 1.29 is 4.74 Å². The van der Waals surface area contributed by atoms with E-state index in [9.17, 15) is 0 Å². The molecule has 0 amide bonds. The van der Waals surface area contributed by atoms with Crippen molar-refractivity contribution in [1.82, 2.24) is 15.0 Å². The third-order valence-corrected chi connectivity index (χ3v) is 3.68. The van der Waals surface area contributed by atoms with E-state index in [4.69, 9.17) is 10.5 Å². The van der Waals surface area contributed by atoms with Crippen LogP contribution in [0.15, 0.2) is 11.7 Å². The summed E-state index contributed by atoms with van der Waals surface area (Å²) in [4.78, 5) is 13.8. The van der Waals surface area contributed by atoms with E-state index in [2.05, 4.69) is 15.0 Å². The summed E-state index contributed by atoms with van der Waals surface area (Å²) in [6.45, 7) is 4.92. The van der Waals surface area contributed by atoms with E-state index in [0.29, 0.717) is 19.2 Å². The summed E-state index contributed by atoms with van der Waals surface area (Å²) in [5, 5.41) is 0. The van der Waals surface area contributed by atoms with E-state index >= 15 is 0 Å². The lowest BCUT2D eigenvalue weighted by Crippen LogP contribution is -2.07. The molecule has 0 aliphatic carbocycles. The molecule has 5 nitrogen and oxygen atoms in total. The van der Waals surface area contributed by atoms with Crippen LogP contribution in [0.1, 0.15) is 21.8 Å². The van der Waals surface area contributed by atoms with Gasteiger partial charge in [-0.2, -0.15) is 0 Å². The molecule has 0 bridgehead atoms.